The van der Waals surface area contributed by atoms with Crippen molar-refractivity contribution in [1.82, 2.24) is 20.1 Å². The van der Waals surface area contributed by atoms with Crippen molar-refractivity contribution in [2.24, 2.45) is 10.8 Å². The van der Waals surface area contributed by atoms with E-state index in [1.165, 1.54) is 0 Å². The van der Waals surface area contributed by atoms with Crippen molar-refractivity contribution in [1.29, 1.82) is 0 Å². The highest BCUT2D eigenvalue weighted by Gasteiger charge is 2.63. The number of pyridine rings is 1. The first-order valence-electron chi connectivity index (χ1n) is 9.79. The van der Waals surface area contributed by atoms with E-state index in [1.54, 1.807) is 25.6 Å². The summed E-state index contributed by atoms with van der Waals surface area (Å²) in [6, 6.07) is 3.61. The van der Waals surface area contributed by atoms with Gasteiger partial charge in [-0.2, -0.15) is 0 Å². The molecule has 0 aromatic carbocycles. The zero-order chi connectivity index (χ0) is 18.9. The fraction of sp³-hybridized carbons (Fsp3) is 0.650. The summed E-state index contributed by atoms with van der Waals surface area (Å²) in [5.41, 5.74) is 0.270. The maximum absolute atomic E-state index is 12.9. The summed E-state index contributed by atoms with van der Waals surface area (Å²) in [5.74, 6) is 0.242. The van der Waals surface area contributed by atoms with E-state index in [9.17, 15) is 9.59 Å². The monoisotopic (exact) mass is 372 g/mol. The van der Waals surface area contributed by atoms with Gasteiger partial charge in [-0.25, -0.2) is 0 Å². The molecule has 3 aliphatic rings. The molecule has 1 unspecified atom stereocenters. The molecule has 27 heavy (non-hydrogen) atoms. The van der Waals surface area contributed by atoms with E-state index in [-0.39, 0.29) is 22.6 Å². The quantitative estimate of drug-likeness (QED) is 0.845. The SMILES string of the molecule is COCCN1CC2(CCN(C(=O)c3cccnc3)CC2)C2(CCNC2=O)C1. The number of nitrogens with one attached hydrogen (secondary N) is 1. The lowest BCUT2D eigenvalue weighted by atomic mass is 9.60. The van der Waals surface area contributed by atoms with Gasteiger partial charge >= 0.3 is 0 Å². The van der Waals surface area contributed by atoms with Crippen molar-refractivity contribution >= 4 is 11.8 Å². The Labute approximate surface area is 160 Å². The van der Waals surface area contributed by atoms with Crippen molar-refractivity contribution in [3.05, 3.63) is 30.1 Å². The van der Waals surface area contributed by atoms with Crippen LogP contribution in [0.5, 0.6) is 0 Å². The number of methoxy groups -OCH3 is 1. The van der Waals surface area contributed by atoms with Gasteiger partial charge in [-0.05, 0) is 31.4 Å². The van der Waals surface area contributed by atoms with Gasteiger partial charge in [-0.1, -0.05) is 0 Å². The Morgan fingerprint density at radius 3 is 2.74 bits per heavy atom. The summed E-state index contributed by atoms with van der Waals surface area (Å²) in [6.45, 7) is 5.40. The number of rotatable bonds is 4. The highest BCUT2D eigenvalue weighted by atomic mass is 16.5. The number of hydrogen-bond donors (Lipinski definition) is 1. The van der Waals surface area contributed by atoms with Crippen molar-refractivity contribution in [2.75, 3.05) is 53.0 Å². The lowest BCUT2D eigenvalue weighted by Crippen LogP contribution is -2.53. The van der Waals surface area contributed by atoms with Crippen LogP contribution >= 0.6 is 0 Å². The first-order chi connectivity index (χ1) is 13.1. The number of likely N-dealkylation sites (tertiary alicyclic amines) is 2. The molecule has 0 aliphatic carbocycles. The van der Waals surface area contributed by atoms with Crippen molar-refractivity contribution in [3.63, 3.8) is 0 Å². The topological polar surface area (TPSA) is 74.8 Å². The fourth-order valence-corrected chi connectivity index (χ4v) is 5.34. The molecular formula is C20H28N4O3. The summed E-state index contributed by atoms with van der Waals surface area (Å²) in [4.78, 5) is 34.0. The maximum atomic E-state index is 12.9. The van der Waals surface area contributed by atoms with E-state index in [0.29, 0.717) is 25.3 Å². The molecule has 3 saturated heterocycles. The number of hydrogen-bond acceptors (Lipinski definition) is 5. The van der Waals surface area contributed by atoms with Crippen LogP contribution in [0.15, 0.2) is 24.5 Å². The number of ether oxygens (including phenoxy) is 1. The molecule has 0 radical (unpaired) electrons. The molecule has 4 rings (SSSR count). The third-order valence-electron chi connectivity index (χ3n) is 6.83. The van der Waals surface area contributed by atoms with Crippen LogP contribution in [0.2, 0.25) is 0 Å². The standard InChI is InChI=1S/C20H28N4O3/c1-27-12-11-23-14-19(20(15-23)4-8-22-18(20)26)5-9-24(10-6-19)17(25)16-3-2-7-21-13-16/h2-3,7,13H,4-6,8-12,14-15H2,1H3,(H,22,26). The van der Waals surface area contributed by atoms with Gasteiger partial charge in [0.15, 0.2) is 0 Å². The van der Waals surface area contributed by atoms with E-state index < -0.39 is 0 Å². The normalized spacial score (nSPS) is 27.4. The number of nitrogens with zero attached hydrogens (tertiary/aromatic N) is 3. The van der Waals surface area contributed by atoms with Crippen LogP contribution < -0.4 is 5.32 Å². The number of piperidine rings is 1. The first-order valence-corrected chi connectivity index (χ1v) is 9.79. The Morgan fingerprint density at radius 2 is 2.11 bits per heavy atom. The van der Waals surface area contributed by atoms with Crippen molar-refractivity contribution in [3.8, 4) is 0 Å². The number of carbonyl (C=O) groups excluding carboxylic acids is 2. The molecule has 7 heteroatoms. The molecule has 146 valence electrons. The number of aromatic nitrogens is 1. The van der Waals surface area contributed by atoms with Crippen LogP contribution in [0.25, 0.3) is 0 Å². The van der Waals surface area contributed by atoms with Gasteiger partial charge < -0.3 is 15.0 Å². The molecule has 1 aromatic rings. The zero-order valence-electron chi connectivity index (χ0n) is 15.9. The van der Waals surface area contributed by atoms with Gasteiger partial charge in [0.1, 0.15) is 0 Å². The minimum absolute atomic E-state index is 0.0390. The van der Waals surface area contributed by atoms with Crippen LogP contribution in [-0.4, -0.2) is 79.6 Å². The summed E-state index contributed by atoms with van der Waals surface area (Å²) in [6.07, 6.45) is 5.94. The molecule has 1 N–H and O–H groups in total. The smallest absolute Gasteiger partial charge is 0.255 e. The number of fused-ring (bicyclic) bond motifs is 1. The highest BCUT2D eigenvalue weighted by molar-refractivity contribution is 5.94. The summed E-state index contributed by atoms with van der Waals surface area (Å²) < 4.78 is 5.25. The van der Waals surface area contributed by atoms with Gasteiger partial charge in [0.05, 0.1) is 17.6 Å². The van der Waals surface area contributed by atoms with Gasteiger partial charge in [-0.3, -0.25) is 19.5 Å². The molecule has 0 saturated carbocycles. The summed E-state index contributed by atoms with van der Waals surface area (Å²) in [5, 5.41) is 3.07. The molecule has 7 nitrogen and oxygen atoms in total. The number of carbonyl (C=O) groups is 2. The minimum Gasteiger partial charge on any atom is -0.383 e. The average molecular weight is 372 g/mol. The lowest BCUT2D eigenvalue weighted by molar-refractivity contribution is -0.133. The largest absolute Gasteiger partial charge is 0.383 e. The number of amides is 2. The van der Waals surface area contributed by atoms with E-state index in [1.807, 2.05) is 11.0 Å². The summed E-state index contributed by atoms with van der Waals surface area (Å²) in [7, 11) is 1.71. The third-order valence-corrected chi connectivity index (χ3v) is 6.83. The molecule has 0 bridgehead atoms. The van der Waals surface area contributed by atoms with Crippen LogP contribution in [0.1, 0.15) is 29.6 Å². The second kappa shape index (κ2) is 7.20. The Hall–Kier alpha value is -1.99. The van der Waals surface area contributed by atoms with Crippen LogP contribution in [0.4, 0.5) is 0 Å². The Balaban J connectivity index is 1.51. The van der Waals surface area contributed by atoms with Gasteiger partial charge in [-0.15, -0.1) is 0 Å². The lowest BCUT2D eigenvalue weighted by Gasteiger charge is -2.46. The maximum Gasteiger partial charge on any atom is 0.255 e. The van der Waals surface area contributed by atoms with E-state index in [4.69, 9.17) is 4.74 Å². The van der Waals surface area contributed by atoms with E-state index in [0.717, 1.165) is 45.4 Å². The molecule has 2 amide bonds. The van der Waals surface area contributed by atoms with Crippen LogP contribution in [0, 0.1) is 10.8 Å². The van der Waals surface area contributed by atoms with Crippen LogP contribution in [0.3, 0.4) is 0 Å². The predicted octanol–water partition coefficient (Wildman–Crippen LogP) is 0.772. The second-order valence-electron chi connectivity index (χ2n) is 8.11. The van der Waals surface area contributed by atoms with Crippen molar-refractivity contribution < 1.29 is 14.3 Å². The minimum atomic E-state index is -0.315. The second-order valence-corrected chi connectivity index (χ2v) is 8.11. The third kappa shape index (κ3) is 3.02. The molecule has 2 spiro atoms. The molecule has 3 aliphatic heterocycles. The molecular weight excluding hydrogens is 344 g/mol. The molecule has 1 aromatic heterocycles. The first kappa shape index (κ1) is 18.4. The van der Waals surface area contributed by atoms with Gasteiger partial charge in [0.2, 0.25) is 5.91 Å². The fourth-order valence-electron chi connectivity index (χ4n) is 5.34. The Kier molecular flexibility index (Phi) is 4.90. The van der Waals surface area contributed by atoms with Gasteiger partial charge in [0.25, 0.3) is 5.91 Å². The van der Waals surface area contributed by atoms with E-state index >= 15 is 0 Å². The molecule has 1 atom stereocenters. The molecule has 4 heterocycles. The van der Waals surface area contributed by atoms with Gasteiger partial charge in [0, 0.05) is 64.2 Å². The average Bonchev–Trinajstić information content (AvgIpc) is 3.22. The highest BCUT2D eigenvalue weighted by Crippen LogP contribution is 2.56. The predicted molar refractivity (Wildman–Crippen MR) is 100 cm³/mol. The van der Waals surface area contributed by atoms with Crippen molar-refractivity contribution in [2.45, 2.75) is 19.3 Å². The Morgan fingerprint density at radius 1 is 1.30 bits per heavy atom. The summed E-state index contributed by atoms with van der Waals surface area (Å²) >= 11 is 0. The zero-order valence-corrected chi connectivity index (χ0v) is 15.9. The van der Waals surface area contributed by atoms with Crippen LogP contribution in [-0.2, 0) is 9.53 Å². The van der Waals surface area contributed by atoms with E-state index in [2.05, 4.69) is 15.2 Å². The Bertz CT molecular complexity index is 702. The molecule has 3 fully saturated rings.